The average Bonchev–Trinajstić information content (AvgIpc) is 2.89. The van der Waals surface area contributed by atoms with Gasteiger partial charge in [0.15, 0.2) is 0 Å². The summed E-state index contributed by atoms with van der Waals surface area (Å²) in [6, 6.07) is 0. The third kappa shape index (κ3) is 2.36. The Kier molecular flexibility index (Phi) is 4.31. The van der Waals surface area contributed by atoms with Crippen molar-refractivity contribution in [1.29, 1.82) is 0 Å². The van der Waals surface area contributed by atoms with Gasteiger partial charge >= 0.3 is 5.97 Å². The molecule has 3 heteroatoms. The van der Waals surface area contributed by atoms with E-state index >= 15 is 0 Å². The van der Waals surface area contributed by atoms with Crippen LogP contribution in [0.1, 0.15) is 119 Å². The summed E-state index contributed by atoms with van der Waals surface area (Å²) in [5, 5.41) is 10.9. The van der Waals surface area contributed by atoms with Crippen molar-refractivity contribution in [2.24, 2.45) is 50.2 Å². The fourth-order valence-electron chi connectivity index (χ4n) is 11.8. The van der Waals surface area contributed by atoms with Crippen molar-refractivity contribution in [2.45, 2.75) is 131 Å². The zero-order valence-corrected chi connectivity index (χ0v) is 22.4. The SMILES string of the molecule is CC1(C)CC[C@@]23CC[C@]4(C)[C@@](CC[C@@H]5[C@@]6(C)CC[C@H](O)C(C)(C)[C@@H]6CC[C@]54C)(OC2=O)[C@@H]3C1. The number of esters is 1. The maximum atomic E-state index is 13.6. The summed E-state index contributed by atoms with van der Waals surface area (Å²) in [6.07, 6.45) is 12.1. The Morgan fingerprint density at radius 2 is 1.42 bits per heavy atom. The second kappa shape index (κ2) is 6.22. The van der Waals surface area contributed by atoms with E-state index < -0.39 is 0 Å². The Morgan fingerprint density at radius 3 is 2.15 bits per heavy atom. The molecular weight excluding hydrogens is 408 g/mol. The molecule has 1 heterocycles. The number of aliphatic hydroxyl groups excluding tert-OH is 1. The molecule has 0 amide bonds. The van der Waals surface area contributed by atoms with Gasteiger partial charge < -0.3 is 9.84 Å². The van der Waals surface area contributed by atoms with Crippen molar-refractivity contribution in [1.82, 2.24) is 0 Å². The number of ether oxygens (including phenoxy) is 1. The van der Waals surface area contributed by atoms with Crippen molar-refractivity contribution < 1.29 is 14.6 Å². The van der Waals surface area contributed by atoms with Gasteiger partial charge in [-0.2, -0.15) is 0 Å². The number of rotatable bonds is 0. The van der Waals surface area contributed by atoms with Gasteiger partial charge in [-0.25, -0.2) is 0 Å². The molecule has 186 valence electrons. The van der Waals surface area contributed by atoms with Crippen LogP contribution in [0.4, 0.5) is 0 Å². The lowest BCUT2D eigenvalue weighted by atomic mass is 9.31. The van der Waals surface area contributed by atoms with Gasteiger partial charge in [-0.15, -0.1) is 0 Å². The summed E-state index contributed by atoms with van der Waals surface area (Å²) in [5.74, 6) is 1.78. The minimum atomic E-state index is -0.266. The Hall–Kier alpha value is -0.570. The summed E-state index contributed by atoms with van der Waals surface area (Å²) in [4.78, 5) is 13.6. The molecule has 0 aromatic heterocycles. The van der Waals surface area contributed by atoms with Crippen molar-refractivity contribution >= 4 is 5.97 Å². The number of carbonyl (C=O) groups excluding carboxylic acids is 1. The number of fused-ring (bicyclic) bond motifs is 4. The van der Waals surface area contributed by atoms with Gasteiger partial charge in [0.2, 0.25) is 0 Å². The smallest absolute Gasteiger partial charge is 0.313 e. The summed E-state index contributed by atoms with van der Waals surface area (Å²) in [6.45, 7) is 17.2. The third-order valence-corrected chi connectivity index (χ3v) is 14.0. The van der Waals surface area contributed by atoms with E-state index in [-0.39, 0.29) is 44.7 Å². The van der Waals surface area contributed by atoms with E-state index in [2.05, 4.69) is 48.5 Å². The molecule has 3 nitrogen and oxygen atoms in total. The van der Waals surface area contributed by atoms with Crippen molar-refractivity contribution in [3.8, 4) is 0 Å². The molecule has 0 aromatic rings. The minimum Gasteiger partial charge on any atom is -0.458 e. The predicted octanol–water partition coefficient (Wildman–Crippen LogP) is 6.91. The summed E-state index contributed by atoms with van der Waals surface area (Å²) in [5.41, 5.74) is 0.327. The van der Waals surface area contributed by atoms with Crippen LogP contribution in [0.2, 0.25) is 0 Å². The molecule has 6 fully saturated rings. The third-order valence-electron chi connectivity index (χ3n) is 14.0. The molecule has 5 saturated carbocycles. The number of carbonyl (C=O) groups is 1. The van der Waals surface area contributed by atoms with Gasteiger partial charge in [-0.3, -0.25) is 4.79 Å². The first-order valence-electron chi connectivity index (χ1n) is 14.1. The van der Waals surface area contributed by atoms with Crippen LogP contribution in [0.5, 0.6) is 0 Å². The summed E-state index contributed by atoms with van der Waals surface area (Å²) >= 11 is 0. The quantitative estimate of drug-likeness (QED) is 0.403. The fraction of sp³-hybridized carbons (Fsp3) is 0.967. The van der Waals surface area contributed by atoms with Crippen LogP contribution in [0.3, 0.4) is 0 Å². The second-order valence-corrected chi connectivity index (χ2v) is 15.7. The standard InChI is InChI=1S/C30H48O3/c1-24(2)14-16-29-17-15-28(7)27(6)12-8-19-25(3,4)22(31)10-11-26(19,5)20(27)9-13-30(28,21(29)18-24)33-23(29)32/h19-22,31H,8-18H2,1-7H3/t19-,20+,21+,22-,26-,27+,28-,29-,30-/m0/s1. The van der Waals surface area contributed by atoms with Crippen molar-refractivity contribution in [3.05, 3.63) is 0 Å². The molecule has 2 bridgehead atoms. The van der Waals surface area contributed by atoms with Gasteiger partial charge in [0.25, 0.3) is 0 Å². The lowest BCUT2D eigenvalue weighted by Crippen LogP contribution is -2.72. The highest BCUT2D eigenvalue weighted by atomic mass is 16.6. The molecule has 6 rings (SSSR count). The molecule has 1 N–H and O–H groups in total. The van der Waals surface area contributed by atoms with Gasteiger partial charge in [0.1, 0.15) is 5.60 Å². The van der Waals surface area contributed by atoms with Gasteiger partial charge in [0.05, 0.1) is 11.5 Å². The first kappa shape index (κ1) is 22.9. The first-order valence-corrected chi connectivity index (χ1v) is 14.1. The lowest BCUT2D eigenvalue weighted by molar-refractivity contribution is -0.286. The highest BCUT2D eigenvalue weighted by Crippen LogP contribution is 2.80. The number of hydrogen-bond acceptors (Lipinski definition) is 3. The van der Waals surface area contributed by atoms with E-state index in [1.54, 1.807) is 0 Å². The molecule has 0 aromatic carbocycles. The Balaban J connectivity index is 1.45. The van der Waals surface area contributed by atoms with Crippen molar-refractivity contribution in [2.75, 3.05) is 0 Å². The van der Waals surface area contributed by atoms with Crippen molar-refractivity contribution in [3.63, 3.8) is 0 Å². The maximum Gasteiger partial charge on any atom is 0.313 e. The normalized spacial score (nSPS) is 58.4. The molecule has 0 unspecified atom stereocenters. The monoisotopic (exact) mass is 456 g/mol. The maximum absolute atomic E-state index is 13.6. The van der Waals surface area contributed by atoms with E-state index in [1.165, 1.54) is 19.3 Å². The van der Waals surface area contributed by atoms with E-state index in [4.69, 9.17) is 4.74 Å². The fourth-order valence-corrected chi connectivity index (χ4v) is 11.8. The topological polar surface area (TPSA) is 46.5 Å². The van der Waals surface area contributed by atoms with Crippen LogP contribution >= 0.6 is 0 Å². The molecular formula is C30H48O3. The molecule has 6 aliphatic rings. The summed E-state index contributed by atoms with van der Waals surface area (Å²) < 4.78 is 6.77. The van der Waals surface area contributed by atoms with E-state index in [0.29, 0.717) is 23.2 Å². The molecule has 5 aliphatic carbocycles. The zero-order valence-electron chi connectivity index (χ0n) is 22.4. The van der Waals surface area contributed by atoms with E-state index in [1.807, 2.05) is 0 Å². The van der Waals surface area contributed by atoms with Crippen LogP contribution in [0.15, 0.2) is 0 Å². The molecule has 33 heavy (non-hydrogen) atoms. The predicted molar refractivity (Wildman–Crippen MR) is 130 cm³/mol. The highest BCUT2D eigenvalue weighted by molar-refractivity contribution is 5.81. The highest BCUT2D eigenvalue weighted by Gasteiger charge is 2.80. The first-order chi connectivity index (χ1) is 15.2. The molecule has 1 aliphatic heterocycles. The van der Waals surface area contributed by atoms with Gasteiger partial charge in [-0.05, 0) is 104 Å². The van der Waals surface area contributed by atoms with Gasteiger partial charge in [-0.1, -0.05) is 48.5 Å². The van der Waals surface area contributed by atoms with Crippen LogP contribution in [-0.2, 0) is 9.53 Å². The van der Waals surface area contributed by atoms with E-state index in [0.717, 1.165) is 51.4 Å². The Bertz CT molecular complexity index is 891. The number of hydrogen-bond donors (Lipinski definition) is 1. The van der Waals surface area contributed by atoms with E-state index in [9.17, 15) is 9.90 Å². The minimum absolute atomic E-state index is 0.0146. The average molecular weight is 457 g/mol. The molecule has 1 spiro atoms. The van der Waals surface area contributed by atoms with Crippen LogP contribution in [-0.4, -0.2) is 22.8 Å². The van der Waals surface area contributed by atoms with Crippen LogP contribution < -0.4 is 0 Å². The largest absolute Gasteiger partial charge is 0.458 e. The second-order valence-electron chi connectivity index (χ2n) is 15.7. The van der Waals surface area contributed by atoms with Crippen LogP contribution in [0, 0.1) is 50.2 Å². The Morgan fingerprint density at radius 1 is 0.758 bits per heavy atom. The van der Waals surface area contributed by atoms with Crippen LogP contribution in [0.25, 0.3) is 0 Å². The molecule has 0 radical (unpaired) electrons. The zero-order chi connectivity index (χ0) is 23.9. The lowest BCUT2D eigenvalue weighted by Gasteiger charge is -2.73. The summed E-state index contributed by atoms with van der Waals surface area (Å²) in [7, 11) is 0. The molecule has 9 atom stereocenters. The number of aliphatic hydroxyl groups is 1. The Labute approximate surface area is 201 Å². The molecule has 1 saturated heterocycles. The van der Waals surface area contributed by atoms with Gasteiger partial charge in [0, 0.05) is 11.3 Å².